The summed E-state index contributed by atoms with van der Waals surface area (Å²) in [6, 6.07) is 24.1. The van der Waals surface area contributed by atoms with Gasteiger partial charge in [-0.05, 0) is 60.4 Å². The molecule has 2 aliphatic heterocycles. The summed E-state index contributed by atoms with van der Waals surface area (Å²) in [5.41, 5.74) is 12.5. The van der Waals surface area contributed by atoms with Crippen LogP contribution in [0.25, 0.3) is 33.6 Å². The number of imidazole rings is 2. The van der Waals surface area contributed by atoms with Crippen molar-refractivity contribution in [2.45, 2.75) is 56.8 Å². The van der Waals surface area contributed by atoms with Gasteiger partial charge in [0.25, 0.3) is 5.91 Å². The van der Waals surface area contributed by atoms with E-state index in [9.17, 15) is 14.4 Å². The fourth-order valence-corrected chi connectivity index (χ4v) is 7.16. The second-order valence-corrected chi connectivity index (χ2v) is 13.2. The molecule has 0 radical (unpaired) electrons. The Morgan fingerprint density at radius 1 is 0.745 bits per heavy atom. The molecule has 12 heteroatoms. The van der Waals surface area contributed by atoms with E-state index >= 15 is 0 Å². The molecule has 5 N–H and O–H groups in total. The zero-order valence-corrected chi connectivity index (χ0v) is 28.7. The van der Waals surface area contributed by atoms with Crippen molar-refractivity contribution in [2.75, 3.05) is 20.2 Å². The van der Waals surface area contributed by atoms with Crippen molar-refractivity contribution in [3.8, 4) is 33.6 Å². The molecule has 4 heterocycles. The van der Waals surface area contributed by atoms with Gasteiger partial charge in [0.2, 0.25) is 5.91 Å². The number of carbonyl (C=O) groups excluding carboxylic acids is 3. The van der Waals surface area contributed by atoms with Crippen molar-refractivity contribution < 1.29 is 19.1 Å². The van der Waals surface area contributed by atoms with Crippen molar-refractivity contribution >= 4 is 17.9 Å². The first kappa shape index (κ1) is 33.7. The van der Waals surface area contributed by atoms with Crippen LogP contribution in [0.5, 0.6) is 0 Å². The summed E-state index contributed by atoms with van der Waals surface area (Å²) in [4.78, 5) is 58.4. The van der Waals surface area contributed by atoms with Crippen LogP contribution in [0.2, 0.25) is 0 Å². The molecule has 0 aliphatic carbocycles. The van der Waals surface area contributed by atoms with Crippen molar-refractivity contribution in [3.63, 3.8) is 0 Å². The van der Waals surface area contributed by atoms with Gasteiger partial charge in [-0.25, -0.2) is 14.8 Å². The van der Waals surface area contributed by atoms with E-state index < -0.39 is 18.2 Å². The molecule has 4 atom stereocenters. The molecule has 0 spiro atoms. The lowest BCUT2D eigenvalue weighted by Crippen LogP contribution is -2.42. The smallest absolute Gasteiger partial charge is 0.407 e. The number of aromatic nitrogens is 4. The third-order valence-electron chi connectivity index (χ3n) is 9.84. The summed E-state index contributed by atoms with van der Waals surface area (Å²) < 4.78 is 4.81. The molecule has 3 amide bonds. The molecule has 262 valence electrons. The van der Waals surface area contributed by atoms with Gasteiger partial charge >= 0.3 is 6.09 Å². The minimum absolute atomic E-state index is 0.0465. The maximum atomic E-state index is 13.8. The summed E-state index contributed by atoms with van der Waals surface area (Å²) >= 11 is 0. The van der Waals surface area contributed by atoms with Crippen LogP contribution < -0.4 is 11.1 Å². The molecule has 2 aliphatic rings. The maximum absolute atomic E-state index is 13.8. The van der Waals surface area contributed by atoms with E-state index in [2.05, 4.69) is 73.8 Å². The number of nitrogens with two attached hydrogens (primary N) is 1. The van der Waals surface area contributed by atoms with Gasteiger partial charge in [0.15, 0.2) is 0 Å². The van der Waals surface area contributed by atoms with Gasteiger partial charge < -0.3 is 35.6 Å². The Kier molecular flexibility index (Phi) is 9.67. The number of H-pyrrole nitrogens is 2. The van der Waals surface area contributed by atoms with E-state index in [1.54, 1.807) is 18.0 Å². The number of carbonyl (C=O) groups is 3. The van der Waals surface area contributed by atoms with Crippen LogP contribution in [0.4, 0.5) is 4.79 Å². The van der Waals surface area contributed by atoms with Crippen LogP contribution >= 0.6 is 0 Å². The van der Waals surface area contributed by atoms with Crippen LogP contribution in [-0.2, 0) is 14.3 Å². The number of alkyl carbamates (subject to hydrolysis) is 1. The normalized spacial score (nSPS) is 18.4. The Labute approximate surface area is 296 Å². The molecule has 12 nitrogen and oxygen atoms in total. The van der Waals surface area contributed by atoms with Crippen LogP contribution in [0.3, 0.4) is 0 Å². The molecule has 0 unspecified atom stereocenters. The summed E-state index contributed by atoms with van der Waals surface area (Å²) in [5.74, 6) is 1.25. The Morgan fingerprint density at radius 3 is 1.69 bits per heavy atom. The average molecular weight is 687 g/mol. The van der Waals surface area contributed by atoms with Crippen LogP contribution in [-0.4, -0.2) is 73.9 Å². The Hall–Kier alpha value is -5.75. The largest absolute Gasteiger partial charge is 0.453 e. The second-order valence-electron chi connectivity index (χ2n) is 13.2. The lowest BCUT2D eigenvalue weighted by atomic mass is 10.0. The standard InChI is InChI=1S/C39H42N8O4/c1-24(40)37(48)46-20-6-10-32(46)35-41-22-30(43-35)27-16-12-25(13-17-27)26-14-18-28(19-15-26)31-23-42-36(44-31)33-11-7-21-47(33)38(49)34(45-39(50)51-2)29-8-4-3-5-9-29/h3-5,8-9,12-19,22-24,32-34H,6-7,10-11,20-21,40H2,1-2H3,(H,41,43)(H,42,44)(H,45,50)/t24-,32-,33-,34+/m0/s1. The predicted octanol–water partition coefficient (Wildman–Crippen LogP) is 5.91. The number of rotatable bonds is 9. The van der Waals surface area contributed by atoms with Gasteiger partial charge in [-0.15, -0.1) is 0 Å². The van der Waals surface area contributed by atoms with E-state index in [-0.39, 0.29) is 23.9 Å². The molecule has 2 fully saturated rings. The average Bonchev–Trinajstić information content (AvgIpc) is 4.00. The fourth-order valence-electron chi connectivity index (χ4n) is 7.16. The van der Waals surface area contributed by atoms with Crippen molar-refractivity contribution in [2.24, 2.45) is 5.73 Å². The van der Waals surface area contributed by atoms with Gasteiger partial charge in [-0.3, -0.25) is 9.59 Å². The van der Waals surface area contributed by atoms with Gasteiger partial charge in [0.05, 0.1) is 49.0 Å². The molecule has 5 aromatic rings. The third kappa shape index (κ3) is 7.00. The molecular formula is C39H42N8O4. The number of nitrogens with zero attached hydrogens (tertiary/aromatic N) is 4. The number of ether oxygens (including phenoxy) is 1. The van der Waals surface area contributed by atoms with Crippen molar-refractivity contribution in [3.05, 3.63) is 108 Å². The zero-order valence-electron chi connectivity index (χ0n) is 28.7. The van der Waals surface area contributed by atoms with Crippen LogP contribution in [0, 0.1) is 0 Å². The predicted molar refractivity (Wildman–Crippen MR) is 193 cm³/mol. The number of methoxy groups -OCH3 is 1. The number of aromatic amines is 2. The molecule has 7 rings (SSSR count). The molecule has 2 aromatic heterocycles. The number of nitrogens with one attached hydrogen (secondary N) is 3. The zero-order chi connectivity index (χ0) is 35.5. The number of hydrogen-bond acceptors (Lipinski definition) is 7. The van der Waals surface area contributed by atoms with E-state index in [0.717, 1.165) is 65.1 Å². The maximum Gasteiger partial charge on any atom is 0.407 e. The number of amides is 3. The van der Waals surface area contributed by atoms with E-state index in [0.29, 0.717) is 24.5 Å². The van der Waals surface area contributed by atoms with Gasteiger partial charge in [0.1, 0.15) is 17.7 Å². The quantitative estimate of drug-likeness (QED) is 0.150. The van der Waals surface area contributed by atoms with Gasteiger partial charge in [0, 0.05) is 13.1 Å². The second kappa shape index (κ2) is 14.6. The molecule has 3 aromatic carbocycles. The summed E-state index contributed by atoms with van der Waals surface area (Å²) in [7, 11) is 1.28. The van der Waals surface area contributed by atoms with E-state index in [1.807, 2.05) is 41.4 Å². The molecule has 2 saturated heterocycles. The number of likely N-dealkylation sites (tertiary alicyclic amines) is 2. The SMILES string of the molecule is COC(=O)N[C@@H](C(=O)N1CCC[C@H]1c1ncc(-c2ccc(-c3ccc(-c4cnc([C@@H]5CCCN5C(=O)[C@H](C)N)[nH]4)cc3)cc2)[nH]1)c1ccccc1. The molecular weight excluding hydrogens is 644 g/mol. The number of hydrogen-bond donors (Lipinski definition) is 4. The first-order valence-corrected chi connectivity index (χ1v) is 17.4. The van der Waals surface area contributed by atoms with Crippen molar-refractivity contribution in [1.82, 2.24) is 35.1 Å². The molecule has 51 heavy (non-hydrogen) atoms. The first-order valence-electron chi connectivity index (χ1n) is 17.4. The van der Waals surface area contributed by atoms with Crippen LogP contribution in [0.1, 0.15) is 67.9 Å². The highest BCUT2D eigenvalue weighted by Crippen LogP contribution is 2.35. The highest BCUT2D eigenvalue weighted by Gasteiger charge is 2.37. The Morgan fingerprint density at radius 2 is 1.22 bits per heavy atom. The van der Waals surface area contributed by atoms with E-state index in [4.69, 9.17) is 10.5 Å². The topological polar surface area (TPSA) is 162 Å². The minimum atomic E-state index is -0.868. The van der Waals surface area contributed by atoms with Crippen molar-refractivity contribution in [1.29, 1.82) is 0 Å². The Balaban J connectivity index is 1.02. The summed E-state index contributed by atoms with van der Waals surface area (Å²) in [6.07, 6.45) is 6.35. The minimum Gasteiger partial charge on any atom is -0.453 e. The van der Waals surface area contributed by atoms with E-state index in [1.165, 1.54) is 7.11 Å². The molecule has 0 bridgehead atoms. The first-order chi connectivity index (χ1) is 24.8. The van der Waals surface area contributed by atoms with Crippen LogP contribution in [0.15, 0.2) is 91.3 Å². The highest BCUT2D eigenvalue weighted by atomic mass is 16.5. The number of benzene rings is 3. The molecule has 0 saturated carbocycles. The summed E-state index contributed by atoms with van der Waals surface area (Å²) in [5, 5.41) is 2.71. The lowest BCUT2D eigenvalue weighted by molar-refractivity contribution is -0.135. The highest BCUT2D eigenvalue weighted by molar-refractivity contribution is 5.87. The Bertz CT molecular complexity index is 1990. The third-order valence-corrected chi connectivity index (χ3v) is 9.84. The fraction of sp³-hybridized carbons (Fsp3) is 0.308. The summed E-state index contributed by atoms with van der Waals surface area (Å²) in [6.45, 7) is 2.99. The van der Waals surface area contributed by atoms with Gasteiger partial charge in [-0.1, -0.05) is 78.9 Å². The monoisotopic (exact) mass is 686 g/mol. The van der Waals surface area contributed by atoms with Gasteiger partial charge in [-0.2, -0.15) is 0 Å². The lowest BCUT2D eigenvalue weighted by Gasteiger charge is -2.28.